The lowest BCUT2D eigenvalue weighted by molar-refractivity contribution is -0.121. The Balaban J connectivity index is 1.50. The van der Waals surface area contributed by atoms with Gasteiger partial charge >= 0.3 is 0 Å². The summed E-state index contributed by atoms with van der Waals surface area (Å²) in [7, 11) is 0. The highest BCUT2D eigenvalue weighted by atomic mass is 32.1. The maximum absolute atomic E-state index is 12.4. The third-order valence-electron chi connectivity index (χ3n) is 5.31. The molecule has 1 aromatic carbocycles. The van der Waals surface area contributed by atoms with Gasteiger partial charge in [0, 0.05) is 30.9 Å². The summed E-state index contributed by atoms with van der Waals surface area (Å²) in [5.41, 5.74) is 2.70. The normalized spacial score (nSPS) is 16.7. The minimum absolute atomic E-state index is 0.120. The van der Waals surface area contributed by atoms with Gasteiger partial charge in [-0.15, -0.1) is 11.3 Å². The van der Waals surface area contributed by atoms with Crippen LogP contribution >= 0.6 is 11.3 Å². The number of thiophene rings is 1. The Morgan fingerprint density at radius 2 is 1.89 bits per heavy atom. The molecule has 1 aromatic heterocycles. The van der Waals surface area contributed by atoms with Crippen LogP contribution in [0.5, 0.6) is 0 Å². The van der Waals surface area contributed by atoms with Crippen molar-refractivity contribution in [3.63, 3.8) is 0 Å². The second kappa shape index (κ2) is 9.68. The number of carbonyl (C=O) groups excluding carboxylic acids is 1. The van der Waals surface area contributed by atoms with Crippen molar-refractivity contribution in [1.29, 1.82) is 0 Å². The lowest BCUT2D eigenvalue weighted by atomic mass is 9.86. The van der Waals surface area contributed by atoms with Crippen LogP contribution in [0.4, 0.5) is 0 Å². The molecule has 5 heteroatoms. The molecule has 1 atom stereocenters. The average Bonchev–Trinajstić information content (AvgIpc) is 3.21. The highest BCUT2D eigenvalue weighted by Crippen LogP contribution is 2.25. The van der Waals surface area contributed by atoms with E-state index in [1.54, 1.807) is 11.3 Å². The molecule has 28 heavy (non-hydrogen) atoms. The molecule has 0 spiro atoms. The van der Waals surface area contributed by atoms with Crippen LogP contribution in [-0.2, 0) is 21.4 Å². The molecule has 1 amide bonds. The zero-order chi connectivity index (χ0) is 20.0. The van der Waals surface area contributed by atoms with Gasteiger partial charge in [-0.25, -0.2) is 0 Å². The molecule has 1 aliphatic rings. The van der Waals surface area contributed by atoms with Crippen LogP contribution < -0.4 is 5.32 Å². The van der Waals surface area contributed by atoms with Crippen molar-refractivity contribution in [1.82, 2.24) is 10.2 Å². The molecule has 2 aromatic rings. The van der Waals surface area contributed by atoms with E-state index >= 15 is 0 Å². The van der Waals surface area contributed by atoms with Crippen molar-refractivity contribution in [2.45, 2.75) is 45.1 Å². The highest BCUT2D eigenvalue weighted by molar-refractivity contribution is 7.10. The summed E-state index contributed by atoms with van der Waals surface area (Å²) in [5, 5.41) is 5.26. The number of morpholine rings is 1. The number of nitrogens with zero attached hydrogens (tertiary/aromatic N) is 1. The molecule has 1 fully saturated rings. The number of rotatable bonds is 7. The summed E-state index contributed by atoms with van der Waals surface area (Å²) in [4.78, 5) is 16.2. The molecule has 1 aliphatic heterocycles. The minimum Gasteiger partial charge on any atom is -0.379 e. The zero-order valence-electron chi connectivity index (χ0n) is 17.2. The third-order valence-corrected chi connectivity index (χ3v) is 6.28. The summed E-state index contributed by atoms with van der Waals surface area (Å²) in [5.74, 6) is 0.120. The Bertz CT molecular complexity index is 729. The van der Waals surface area contributed by atoms with Gasteiger partial charge in [-0.2, -0.15) is 0 Å². The van der Waals surface area contributed by atoms with E-state index < -0.39 is 0 Å². The van der Waals surface area contributed by atoms with Crippen molar-refractivity contribution >= 4 is 17.2 Å². The number of hydrogen-bond acceptors (Lipinski definition) is 4. The molecular weight excluding hydrogens is 368 g/mol. The molecule has 0 radical (unpaired) electrons. The summed E-state index contributed by atoms with van der Waals surface area (Å²) < 4.78 is 5.48. The number of carbonyl (C=O) groups is 1. The van der Waals surface area contributed by atoms with Crippen LogP contribution in [0.3, 0.4) is 0 Å². The molecule has 4 nitrogen and oxygen atoms in total. The first-order valence-electron chi connectivity index (χ1n) is 10.1. The summed E-state index contributed by atoms with van der Waals surface area (Å²) in [6.45, 7) is 10.7. The number of aryl methyl sites for hydroxylation is 1. The van der Waals surface area contributed by atoms with Crippen LogP contribution in [-0.4, -0.2) is 43.7 Å². The largest absolute Gasteiger partial charge is 0.379 e. The molecule has 0 bridgehead atoms. The standard InChI is InChI=1S/C23H32N2O2S/c1-23(2,3)19-9-6-18(7-10-19)8-11-22(26)24-17-20(21-5-4-16-28-21)25-12-14-27-15-13-25/h4-7,9-10,16,20H,8,11-15,17H2,1-3H3,(H,24,26)/t20-/m1/s1. The molecule has 0 unspecified atom stereocenters. The van der Waals surface area contributed by atoms with Gasteiger partial charge in [0.1, 0.15) is 0 Å². The van der Waals surface area contributed by atoms with Crippen LogP contribution in [0.25, 0.3) is 0 Å². The van der Waals surface area contributed by atoms with Crippen molar-refractivity contribution in [3.8, 4) is 0 Å². The van der Waals surface area contributed by atoms with E-state index in [0.717, 1.165) is 32.7 Å². The van der Waals surface area contributed by atoms with E-state index in [1.165, 1.54) is 16.0 Å². The summed E-state index contributed by atoms with van der Waals surface area (Å²) >= 11 is 1.76. The fraction of sp³-hybridized carbons (Fsp3) is 0.522. The van der Waals surface area contributed by atoms with Gasteiger partial charge in [-0.3, -0.25) is 9.69 Å². The van der Waals surface area contributed by atoms with Crippen molar-refractivity contribution in [2.24, 2.45) is 0 Å². The zero-order valence-corrected chi connectivity index (χ0v) is 18.1. The number of nitrogens with one attached hydrogen (secondary N) is 1. The Kier molecular flexibility index (Phi) is 7.27. The maximum Gasteiger partial charge on any atom is 0.220 e. The fourth-order valence-corrected chi connectivity index (χ4v) is 4.37. The third kappa shape index (κ3) is 5.90. The Hall–Kier alpha value is -1.69. The first kappa shape index (κ1) is 21.0. The number of amides is 1. The molecule has 1 N–H and O–H groups in total. The van der Waals surface area contributed by atoms with Gasteiger partial charge in [0.15, 0.2) is 0 Å². The van der Waals surface area contributed by atoms with Gasteiger partial charge in [0.05, 0.1) is 19.3 Å². The Morgan fingerprint density at radius 1 is 1.18 bits per heavy atom. The monoisotopic (exact) mass is 400 g/mol. The number of benzene rings is 1. The second-order valence-electron chi connectivity index (χ2n) is 8.43. The molecule has 1 saturated heterocycles. The van der Waals surface area contributed by atoms with Crippen LogP contribution in [0.2, 0.25) is 0 Å². The van der Waals surface area contributed by atoms with Crippen LogP contribution in [0.15, 0.2) is 41.8 Å². The predicted molar refractivity (Wildman–Crippen MR) is 116 cm³/mol. The van der Waals surface area contributed by atoms with Gasteiger partial charge < -0.3 is 10.1 Å². The predicted octanol–water partition coefficient (Wildman–Crippen LogP) is 4.17. The number of ether oxygens (including phenoxy) is 1. The molecule has 0 aliphatic carbocycles. The van der Waals surface area contributed by atoms with E-state index in [2.05, 4.69) is 72.8 Å². The topological polar surface area (TPSA) is 41.6 Å². The number of hydrogen-bond donors (Lipinski definition) is 1. The van der Waals surface area contributed by atoms with E-state index in [0.29, 0.717) is 13.0 Å². The van der Waals surface area contributed by atoms with Gasteiger partial charge in [-0.1, -0.05) is 51.1 Å². The molecule has 3 rings (SSSR count). The summed E-state index contributed by atoms with van der Waals surface area (Å²) in [6, 6.07) is 13.1. The molecule has 0 saturated carbocycles. The fourth-order valence-electron chi connectivity index (χ4n) is 3.51. The smallest absolute Gasteiger partial charge is 0.220 e. The van der Waals surface area contributed by atoms with Gasteiger partial charge in [-0.05, 0) is 34.4 Å². The van der Waals surface area contributed by atoms with Gasteiger partial charge in [0.2, 0.25) is 5.91 Å². The molecular formula is C23H32N2O2S. The Morgan fingerprint density at radius 3 is 2.50 bits per heavy atom. The van der Waals surface area contributed by atoms with E-state index in [4.69, 9.17) is 4.74 Å². The average molecular weight is 401 g/mol. The van der Waals surface area contributed by atoms with Crippen molar-refractivity contribution in [2.75, 3.05) is 32.8 Å². The lowest BCUT2D eigenvalue weighted by Crippen LogP contribution is -2.43. The van der Waals surface area contributed by atoms with E-state index in [9.17, 15) is 4.79 Å². The van der Waals surface area contributed by atoms with E-state index in [1.807, 2.05) is 0 Å². The first-order valence-corrected chi connectivity index (χ1v) is 11.0. The van der Waals surface area contributed by atoms with Gasteiger partial charge in [0.25, 0.3) is 0 Å². The van der Waals surface area contributed by atoms with Crippen LogP contribution in [0.1, 0.15) is 49.2 Å². The summed E-state index contributed by atoms with van der Waals surface area (Å²) in [6.07, 6.45) is 1.30. The Labute approximate surface area is 172 Å². The first-order chi connectivity index (χ1) is 13.4. The van der Waals surface area contributed by atoms with Crippen molar-refractivity contribution in [3.05, 3.63) is 57.8 Å². The quantitative estimate of drug-likeness (QED) is 0.758. The molecule has 152 valence electrons. The second-order valence-corrected chi connectivity index (χ2v) is 9.41. The van der Waals surface area contributed by atoms with Crippen molar-refractivity contribution < 1.29 is 9.53 Å². The minimum atomic E-state index is 0.120. The SMILES string of the molecule is CC(C)(C)c1ccc(CCC(=O)NC[C@H](c2cccs2)N2CCOCC2)cc1. The lowest BCUT2D eigenvalue weighted by Gasteiger charge is -2.34. The highest BCUT2D eigenvalue weighted by Gasteiger charge is 2.23. The molecule has 2 heterocycles. The maximum atomic E-state index is 12.4. The van der Waals surface area contributed by atoms with E-state index in [-0.39, 0.29) is 17.4 Å². The van der Waals surface area contributed by atoms with Crippen LogP contribution in [0, 0.1) is 0 Å².